The van der Waals surface area contributed by atoms with Crippen molar-refractivity contribution < 1.29 is 20.5 Å². The molecule has 3 heterocycles. The molecule has 2 aliphatic rings. The molecule has 1 spiro atoms. The van der Waals surface area contributed by atoms with Crippen LogP contribution in [0.3, 0.4) is 0 Å². The summed E-state index contributed by atoms with van der Waals surface area (Å²) in [5, 5.41) is 10.1. The predicted octanol–water partition coefficient (Wildman–Crippen LogP) is 4.02. The molecule has 1 aromatic carbocycles. The number of carbonyl (C=O) groups is 2. The number of piperidine rings is 1. The molecular formula is C26H36FN3O3. The third-order valence-corrected chi connectivity index (χ3v) is 7.38. The van der Waals surface area contributed by atoms with Crippen molar-refractivity contribution in [2.45, 2.75) is 58.2 Å². The molecule has 0 atom stereocenters. The number of Topliss-reactive ketones (excluding diaryl/α,β-unsaturated/α-hetero) is 1. The largest absolute Gasteiger partial charge is 0.386 e. The molecule has 1 aromatic heterocycles. The second kappa shape index (κ2) is 8.37. The summed E-state index contributed by atoms with van der Waals surface area (Å²) in [6.07, 6.45) is 1.50. The van der Waals surface area contributed by atoms with E-state index >= 15 is 0 Å². The molecular weight excluding hydrogens is 421 g/mol. The number of amides is 1. The van der Waals surface area contributed by atoms with Gasteiger partial charge in [-0.25, -0.2) is 4.39 Å². The van der Waals surface area contributed by atoms with Crippen molar-refractivity contribution in [1.29, 1.82) is 0 Å². The fraction of sp³-hybridized carbons (Fsp3) is 0.538. The molecule has 0 saturated carbocycles. The second-order valence-corrected chi connectivity index (χ2v) is 10.3. The summed E-state index contributed by atoms with van der Waals surface area (Å²) >= 11 is 0. The van der Waals surface area contributed by atoms with Crippen LogP contribution in [0, 0.1) is 11.7 Å². The maximum atomic E-state index is 14.5. The van der Waals surface area contributed by atoms with Gasteiger partial charge >= 0.3 is 0 Å². The first kappa shape index (κ1) is 23.6. The van der Waals surface area contributed by atoms with E-state index in [0.717, 1.165) is 37.3 Å². The number of fused-ring (bicyclic) bond motifs is 2. The van der Waals surface area contributed by atoms with Gasteiger partial charge in [0.15, 0.2) is 5.78 Å². The van der Waals surface area contributed by atoms with Gasteiger partial charge in [0, 0.05) is 50.3 Å². The monoisotopic (exact) mass is 457 g/mol. The number of hydrogen-bond donors (Lipinski definition) is 1. The Morgan fingerprint density at radius 3 is 2.33 bits per heavy atom. The van der Waals surface area contributed by atoms with E-state index in [1.165, 1.54) is 26.0 Å². The van der Waals surface area contributed by atoms with E-state index in [1.54, 1.807) is 11.0 Å². The Kier molecular flexibility index (Phi) is 5.99. The van der Waals surface area contributed by atoms with Gasteiger partial charge in [-0.2, -0.15) is 0 Å². The summed E-state index contributed by atoms with van der Waals surface area (Å²) in [6.45, 7) is 9.62. The van der Waals surface area contributed by atoms with E-state index < -0.39 is 11.4 Å². The van der Waals surface area contributed by atoms with E-state index in [1.807, 2.05) is 19.9 Å². The zero-order valence-corrected chi connectivity index (χ0v) is 20.2. The highest BCUT2D eigenvalue weighted by Gasteiger charge is 2.45. The van der Waals surface area contributed by atoms with Gasteiger partial charge in [-0.15, -0.1) is 0 Å². The van der Waals surface area contributed by atoms with Crippen LogP contribution in [-0.2, 0) is 17.7 Å². The normalized spacial score (nSPS) is 18.6. The average molecular weight is 458 g/mol. The van der Waals surface area contributed by atoms with Crippen LogP contribution in [0.5, 0.6) is 0 Å². The summed E-state index contributed by atoms with van der Waals surface area (Å²) < 4.78 is 16.7. The average Bonchev–Trinajstić information content (AvgIpc) is 3.20. The highest BCUT2D eigenvalue weighted by molar-refractivity contribution is 5.96. The lowest BCUT2D eigenvalue weighted by Gasteiger charge is -2.50. The first-order chi connectivity index (χ1) is 15.5. The van der Waals surface area contributed by atoms with Gasteiger partial charge in [0.1, 0.15) is 5.82 Å². The van der Waals surface area contributed by atoms with Gasteiger partial charge < -0.3 is 14.6 Å². The number of ketones is 1. The summed E-state index contributed by atoms with van der Waals surface area (Å²) in [5.41, 5.74) is 0.857. The Bertz CT molecular complexity index is 1080. The number of aromatic nitrogens is 1. The number of aliphatic hydroxyl groups is 1. The number of benzene rings is 1. The molecule has 7 heteroatoms. The summed E-state index contributed by atoms with van der Waals surface area (Å²) in [4.78, 5) is 30.0. The molecule has 0 unspecified atom stereocenters. The van der Waals surface area contributed by atoms with Crippen LogP contribution in [0.4, 0.5) is 4.39 Å². The van der Waals surface area contributed by atoms with Crippen molar-refractivity contribution in [3.05, 3.63) is 58.7 Å². The Balaban J connectivity index is 0.00000324. The first-order valence-electron chi connectivity index (χ1n) is 11.7. The van der Waals surface area contributed by atoms with Crippen LogP contribution in [0.2, 0.25) is 0 Å². The number of likely N-dealkylation sites (tertiary alicyclic amines) is 1. The zero-order valence-electron chi connectivity index (χ0n) is 20.2. The number of rotatable bonds is 4. The fourth-order valence-corrected chi connectivity index (χ4v) is 5.33. The maximum absolute atomic E-state index is 14.5. The van der Waals surface area contributed by atoms with Crippen molar-refractivity contribution in [3.63, 3.8) is 0 Å². The maximum Gasteiger partial charge on any atom is 0.253 e. The second-order valence-electron chi connectivity index (χ2n) is 10.3. The topological polar surface area (TPSA) is 65.8 Å². The standard InChI is InChI=1S/C26H34FN3O3.H2/c1-17(2)23(31)21-8-9-22-26(28(5)14-15-30(21)22)10-12-29(13-11-26)24(32)18-6-7-19(20(27)16-18)25(3,4)33;/h6-9,16-17,33H,10-15H2,1-5H3;1H. The van der Waals surface area contributed by atoms with Crippen LogP contribution in [0.15, 0.2) is 30.3 Å². The smallest absolute Gasteiger partial charge is 0.253 e. The highest BCUT2D eigenvalue weighted by atomic mass is 19.1. The van der Waals surface area contributed by atoms with Crippen molar-refractivity contribution in [2.24, 2.45) is 5.92 Å². The third-order valence-electron chi connectivity index (χ3n) is 7.38. The molecule has 180 valence electrons. The molecule has 6 nitrogen and oxygen atoms in total. The molecule has 0 radical (unpaired) electrons. The summed E-state index contributed by atoms with van der Waals surface area (Å²) in [6, 6.07) is 8.33. The van der Waals surface area contributed by atoms with Crippen LogP contribution >= 0.6 is 0 Å². The van der Waals surface area contributed by atoms with Crippen LogP contribution in [0.25, 0.3) is 0 Å². The van der Waals surface area contributed by atoms with Crippen molar-refractivity contribution in [3.8, 4) is 0 Å². The van der Waals surface area contributed by atoms with Gasteiger partial charge in [0.25, 0.3) is 5.91 Å². The molecule has 1 fully saturated rings. The fourth-order valence-electron chi connectivity index (χ4n) is 5.33. The molecule has 2 aromatic rings. The quantitative estimate of drug-likeness (QED) is 0.705. The van der Waals surface area contributed by atoms with E-state index in [0.29, 0.717) is 18.7 Å². The number of likely N-dealkylation sites (N-methyl/N-ethyl adjacent to an activating group) is 1. The van der Waals surface area contributed by atoms with Gasteiger partial charge in [-0.05, 0) is 58.0 Å². The predicted molar refractivity (Wildman–Crippen MR) is 127 cm³/mol. The Morgan fingerprint density at radius 2 is 1.76 bits per heavy atom. The van der Waals surface area contributed by atoms with Gasteiger partial charge in [0.2, 0.25) is 0 Å². The molecule has 4 rings (SSSR count). The van der Waals surface area contributed by atoms with Gasteiger partial charge in [-0.1, -0.05) is 19.9 Å². The molecule has 0 bridgehead atoms. The Hall–Kier alpha value is -2.51. The van der Waals surface area contributed by atoms with Crippen LogP contribution in [-0.4, -0.2) is 57.8 Å². The summed E-state index contributed by atoms with van der Waals surface area (Å²) in [5.74, 6) is -0.669. The minimum atomic E-state index is -1.31. The van der Waals surface area contributed by atoms with Crippen LogP contribution in [0.1, 0.15) is 74.1 Å². The number of hydrogen-bond acceptors (Lipinski definition) is 4. The Morgan fingerprint density at radius 1 is 1.09 bits per heavy atom. The number of halogens is 1. The first-order valence-corrected chi connectivity index (χ1v) is 11.7. The van der Waals surface area contributed by atoms with Crippen molar-refractivity contribution in [2.75, 3.05) is 26.7 Å². The molecule has 0 aliphatic carbocycles. The zero-order chi connectivity index (χ0) is 24.1. The third kappa shape index (κ3) is 4.02. The van der Waals surface area contributed by atoms with E-state index in [4.69, 9.17) is 0 Å². The highest BCUT2D eigenvalue weighted by Crippen LogP contribution is 2.42. The number of nitrogens with zero attached hydrogens (tertiary/aromatic N) is 3. The molecule has 1 N–H and O–H groups in total. The summed E-state index contributed by atoms with van der Waals surface area (Å²) in [7, 11) is 2.11. The van der Waals surface area contributed by atoms with Crippen LogP contribution < -0.4 is 0 Å². The van der Waals surface area contributed by atoms with Crippen molar-refractivity contribution >= 4 is 11.7 Å². The van der Waals surface area contributed by atoms with E-state index in [9.17, 15) is 19.1 Å². The molecule has 2 aliphatic heterocycles. The van der Waals surface area contributed by atoms with Gasteiger partial charge in [-0.3, -0.25) is 14.5 Å². The molecule has 1 saturated heterocycles. The molecule has 1 amide bonds. The minimum Gasteiger partial charge on any atom is -0.386 e. The molecule has 33 heavy (non-hydrogen) atoms. The number of carbonyl (C=O) groups excluding carboxylic acids is 2. The minimum absolute atomic E-state index is 0. The lowest BCUT2D eigenvalue weighted by Crippen LogP contribution is -2.56. The van der Waals surface area contributed by atoms with E-state index in [2.05, 4.69) is 22.6 Å². The van der Waals surface area contributed by atoms with Gasteiger partial charge in [0.05, 0.1) is 16.8 Å². The van der Waals surface area contributed by atoms with E-state index in [-0.39, 0.29) is 30.1 Å². The van der Waals surface area contributed by atoms with Crippen molar-refractivity contribution in [1.82, 2.24) is 14.4 Å². The Labute approximate surface area is 196 Å². The lowest BCUT2D eigenvalue weighted by atomic mass is 9.81. The lowest BCUT2D eigenvalue weighted by molar-refractivity contribution is 0.0127. The SMILES string of the molecule is CC(C)C(=O)c1ccc2n1CCN(C)C21CCN(C(=O)c2ccc(C(C)(C)O)c(F)c2)CC1.[HH].